The molecule has 0 amide bonds. The Morgan fingerprint density at radius 2 is 2.16 bits per heavy atom. The summed E-state index contributed by atoms with van der Waals surface area (Å²) in [7, 11) is 0. The fraction of sp³-hybridized carbons (Fsp3) is 0.214. The van der Waals surface area contributed by atoms with E-state index in [9.17, 15) is 4.79 Å². The first-order valence-electron chi connectivity index (χ1n) is 5.87. The molecular weight excluding hydrogens is 310 g/mol. The maximum atomic E-state index is 10.9. The van der Waals surface area contributed by atoms with E-state index < -0.39 is 5.97 Å². The first-order chi connectivity index (χ1) is 9.09. The predicted molar refractivity (Wildman–Crippen MR) is 75.1 cm³/mol. The average Bonchev–Trinajstić information content (AvgIpc) is 2.85. The van der Waals surface area contributed by atoms with Crippen LogP contribution in [0.1, 0.15) is 34.6 Å². The number of halogens is 1. The van der Waals surface area contributed by atoms with Crippen molar-refractivity contribution in [2.75, 3.05) is 0 Å². The molecule has 0 bridgehead atoms. The Labute approximate surface area is 119 Å². The molecule has 0 saturated carbocycles. The lowest BCUT2D eigenvalue weighted by molar-refractivity contribution is 0.0660. The molecule has 2 rings (SSSR count). The fourth-order valence-corrected chi connectivity index (χ4v) is 2.49. The van der Waals surface area contributed by atoms with Gasteiger partial charge in [0.15, 0.2) is 0 Å². The molecule has 2 aromatic rings. The molecule has 0 saturated heterocycles. The van der Waals surface area contributed by atoms with Gasteiger partial charge in [-0.3, -0.25) is 0 Å². The number of hydrogen-bond donors (Lipinski definition) is 2. The number of nitrogens with one attached hydrogen (secondary N) is 1. The molecule has 0 spiro atoms. The SMILES string of the molecule is C[C@@H](NCc1ccoc1C(=O)O)c1ccccc1Br. The molecule has 2 N–H and O–H groups in total. The van der Waals surface area contributed by atoms with Crippen LogP contribution in [0.5, 0.6) is 0 Å². The van der Waals surface area contributed by atoms with Gasteiger partial charge < -0.3 is 14.8 Å². The summed E-state index contributed by atoms with van der Waals surface area (Å²) in [5.41, 5.74) is 1.77. The number of aromatic carboxylic acids is 1. The van der Waals surface area contributed by atoms with Crippen LogP contribution in [0, 0.1) is 0 Å². The van der Waals surface area contributed by atoms with Crippen LogP contribution in [0.25, 0.3) is 0 Å². The third-order valence-electron chi connectivity index (χ3n) is 2.91. The summed E-state index contributed by atoms with van der Waals surface area (Å²) in [6, 6.07) is 9.71. The van der Waals surface area contributed by atoms with Crippen molar-refractivity contribution in [2.24, 2.45) is 0 Å². The lowest BCUT2D eigenvalue weighted by Crippen LogP contribution is -2.19. The van der Waals surface area contributed by atoms with Gasteiger partial charge in [0.1, 0.15) is 0 Å². The van der Waals surface area contributed by atoms with Gasteiger partial charge in [0.2, 0.25) is 5.76 Å². The van der Waals surface area contributed by atoms with Crippen molar-refractivity contribution in [3.8, 4) is 0 Å². The normalized spacial score (nSPS) is 12.3. The lowest BCUT2D eigenvalue weighted by Gasteiger charge is -2.15. The van der Waals surface area contributed by atoms with Crippen LogP contribution in [0.15, 0.2) is 45.5 Å². The molecule has 1 heterocycles. The van der Waals surface area contributed by atoms with Crippen molar-refractivity contribution in [1.29, 1.82) is 0 Å². The monoisotopic (exact) mass is 323 g/mol. The van der Waals surface area contributed by atoms with E-state index in [0.29, 0.717) is 12.1 Å². The second-order valence-corrected chi connectivity index (χ2v) is 5.06. The van der Waals surface area contributed by atoms with E-state index in [-0.39, 0.29) is 11.8 Å². The molecule has 5 heteroatoms. The molecule has 0 radical (unpaired) electrons. The van der Waals surface area contributed by atoms with Crippen LogP contribution in [0.2, 0.25) is 0 Å². The molecule has 1 aromatic carbocycles. The summed E-state index contributed by atoms with van der Waals surface area (Å²) in [6.45, 7) is 2.47. The van der Waals surface area contributed by atoms with E-state index in [2.05, 4.69) is 21.2 Å². The standard InChI is InChI=1S/C14H14BrNO3/c1-9(11-4-2-3-5-12(11)15)16-8-10-6-7-19-13(10)14(17)18/h2-7,9,16H,8H2,1H3,(H,17,18)/t9-/m1/s1. The molecule has 0 fully saturated rings. The van der Waals surface area contributed by atoms with Gasteiger partial charge in [-0.2, -0.15) is 0 Å². The van der Waals surface area contributed by atoms with Crippen LogP contribution in [-0.4, -0.2) is 11.1 Å². The smallest absolute Gasteiger partial charge is 0.372 e. The largest absolute Gasteiger partial charge is 0.475 e. The number of carbonyl (C=O) groups is 1. The predicted octanol–water partition coefficient (Wildman–Crippen LogP) is 3.59. The van der Waals surface area contributed by atoms with E-state index in [1.54, 1.807) is 6.07 Å². The van der Waals surface area contributed by atoms with Gasteiger partial charge in [-0.25, -0.2) is 4.79 Å². The molecule has 0 aliphatic rings. The van der Waals surface area contributed by atoms with E-state index in [1.165, 1.54) is 6.26 Å². The minimum atomic E-state index is -1.05. The van der Waals surface area contributed by atoms with E-state index >= 15 is 0 Å². The molecule has 0 aliphatic heterocycles. The Balaban J connectivity index is 2.05. The van der Waals surface area contributed by atoms with Crippen molar-refractivity contribution in [2.45, 2.75) is 19.5 Å². The summed E-state index contributed by atoms with van der Waals surface area (Å²) in [5, 5.41) is 12.2. The van der Waals surface area contributed by atoms with Crippen LogP contribution in [0.3, 0.4) is 0 Å². The van der Waals surface area contributed by atoms with Crippen molar-refractivity contribution >= 4 is 21.9 Å². The number of hydrogen-bond acceptors (Lipinski definition) is 3. The molecule has 0 unspecified atom stereocenters. The maximum absolute atomic E-state index is 10.9. The third-order valence-corrected chi connectivity index (χ3v) is 3.63. The highest BCUT2D eigenvalue weighted by atomic mass is 79.9. The van der Waals surface area contributed by atoms with Crippen LogP contribution < -0.4 is 5.32 Å². The minimum absolute atomic E-state index is 0.00757. The average molecular weight is 324 g/mol. The fourth-order valence-electron chi connectivity index (χ4n) is 1.86. The van der Waals surface area contributed by atoms with Gasteiger partial charge in [-0.1, -0.05) is 34.1 Å². The second kappa shape index (κ2) is 6.04. The number of carboxylic acids is 1. The Kier molecular flexibility index (Phi) is 4.39. The topological polar surface area (TPSA) is 62.5 Å². The van der Waals surface area contributed by atoms with Crippen molar-refractivity contribution in [3.63, 3.8) is 0 Å². The minimum Gasteiger partial charge on any atom is -0.475 e. The highest BCUT2D eigenvalue weighted by Crippen LogP contribution is 2.23. The molecule has 100 valence electrons. The zero-order valence-electron chi connectivity index (χ0n) is 10.4. The van der Waals surface area contributed by atoms with Crippen LogP contribution >= 0.6 is 15.9 Å². The number of furan rings is 1. The third kappa shape index (κ3) is 3.24. The molecule has 0 aliphatic carbocycles. The molecule has 1 atom stereocenters. The van der Waals surface area contributed by atoms with Crippen LogP contribution in [0.4, 0.5) is 0 Å². The Morgan fingerprint density at radius 3 is 2.84 bits per heavy atom. The Hall–Kier alpha value is -1.59. The summed E-state index contributed by atoms with van der Waals surface area (Å²) in [4.78, 5) is 10.9. The molecule has 4 nitrogen and oxygen atoms in total. The first-order valence-corrected chi connectivity index (χ1v) is 6.66. The Bertz CT molecular complexity index is 580. The zero-order chi connectivity index (χ0) is 13.8. The van der Waals surface area contributed by atoms with Gasteiger partial charge in [0.05, 0.1) is 6.26 Å². The Morgan fingerprint density at radius 1 is 1.42 bits per heavy atom. The summed E-state index contributed by atoms with van der Waals surface area (Å²) >= 11 is 3.50. The quantitative estimate of drug-likeness (QED) is 0.882. The number of benzene rings is 1. The van der Waals surface area contributed by atoms with Gasteiger partial charge in [-0.05, 0) is 24.6 Å². The number of carboxylic acid groups (broad SMARTS) is 1. The van der Waals surface area contributed by atoms with Crippen molar-refractivity contribution in [1.82, 2.24) is 5.32 Å². The van der Waals surface area contributed by atoms with Gasteiger partial charge in [0.25, 0.3) is 0 Å². The van der Waals surface area contributed by atoms with Crippen molar-refractivity contribution in [3.05, 3.63) is 58.0 Å². The summed E-state index contributed by atoms with van der Waals surface area (Å²) in [5.74, 6) is -1.05. The first kappa shape index (κ1) is 13.8. The summed E-state index contributed by atoms with van der Waals surface area (Å²) in [6.07, 6.45) is 1.39. The van der Waals surface area contributed by atoms with Crippen LogP contribution in [-0.2, 0) is 6.54 Å². The molecule has 1 aromatic heterocycles. The molecular formula is C14H14BrNO3. The second-order valence-electron chi connectivity index (χ2n) is 4.20. The van der Waals surface area contributed by atoms with Gasteiger partial charge in [0, 0.05) is 22.6 Å². The van der Waals surface area contributed by atoms with E-state index in [1.807, 2.05) is 31.2 Å². The van der Waals surface area contributed by atoms with Gasteiger partial charge in [-0.15, -0.1) is 0 Å². The zero-order valence-corrected chi connectivity index (χ0v) is 12.0. The lowest BCUT2D eigenvalue weighted by atomic mass is 10.1. The maximum Gasteiger partial charge on any atom is 0.372 e. The summed E-state index contributed by atoms with van der Waals surface area (Å²) < 4.78 is 5.97. The number of rotatable bonds is 5. The highest BCUT2D eigenvalue weighted by Gasteiger charge is 2.15. The van der Waals surface area contributed by atoms with Crippen molar-refractivity contribution < 1.29 is 14.3 Å². The van der Waals surface area contributed by atoms with E-state index in [4.69, 9.17) is 9.52 Å². The van der Waals surface area contributed by atoms with Gasteiger partial charge >= 0.3 is 5.97 Å². The van der Waals surface area contributed by atoms with E-state index in [0.717, 1.165) is 10.0 Å². The molecule has 19 heavy (non-hydrogen) atoms. The highest BCUT2D eigenvalue weighted by molar-refractivity contribution is 9.10.